The van der Waals surface area contributed by atoms with Crippen LogP contribution in [0.4, 0.5) is 8.78 Å². The Morgan fingerprint density at radius 1 is 1.09 bits per heavy atom. The topological polar surface area (TPSA) is 106 Å². The molecule has 1 fully saturated rings. The molecule has 2 aromatic carbocycles. The van der Waals surface area contributed by atoms with Crippen LogP contribution in [0.25, 0.3) is 11.1 Å². The second-order valence-corrected chi connectivity index (χ2v) is 10.8. The van der Waals surface area contributed by atoms with E-state index < -0.39 is 38.0 Å². The first kappa shape index (κ1) is 24.9. The van der Waals surface area contributed by atoms with Crippen molar-refractivity contribution in [3.05, 3.63) is 70.1 Å². The second kappa shape index (κ2) is 9.79. The third-order valence-corrected chi connectivity index (χ3v) is 8.15. The lowest BCUT2D eigenvalue weighted by Gasteiger charge is -2.17. The highest BCUT2D eigenvalue weighted by atomic mass is 32.2. The molecule has 0 saturated heterocycles. The quantitative estimate of drug-likeness (QED) is 0.425. The number of rotatable bonds is 9. The van der Waals surface area contributed by atoms with Crippen molar-refractivity contribution in [2.24, 2.45) is 7.05 Å². The molecule has 7 nitrogen and oxygen atoms in total. The van der Waals surface area contributed by atoms with Gasteiger partial charge in [-0.05, 0) is 56.4 Å². The van der Waals surface area contributed by atoms with E-state index in [1.54, 1.807) is 0 Å². The molecule has 0 atom stereocenters. The molecule has 1 heterocycles. The number of aliphatic hydroxyl groups is 1. The van der Waals surface area contributed by atoms with Gasteiger partial charge in [-0.1, -0.05) is 0 Å². The number of aromatic nitrogens is 1. The average Bonchev–Trinajstić information content (AvgIpc) is 3.65. The minimum atomic E-state index is -3.61. The van der Waals surface area contributed by atoms with Gasteiger partial charge < -0.3 is 19.5 Å². The lowest BCUT2D eigenvalue weighted by molar-refractivity contribution is 0.284. The first-order valence-corrected chi connectivity index (χ1v) is 12.7. The van der Waals surface area contributed by atoms with Gasteiger partial charge in [-0.25, -0.2) is 17.2 Å². The summed E-state index contributed by atoms with van der Waals surface area (Å²) in [6, 6.07) is 6.84. The summed E-state index contributed by atoms with van der Waals surface area (Å²) in [4.78, 5) is 12.0. The van der Waals surface area contributed by atoms with E-state index in [0.29, 0.717) is 31.7 Å². The average molecular weight is 506 g/mol. The van der Waals surface area contributed by atoms with Gasteiger partial charge in [-0.15, -0.1) is 0 Å². The molecule has 1 aromatic heterocycles. The number of hydrogen-bond acceptors (Lipinski definition) is 6. The summed E-state index contributed by atoms with van der Waals surface area (Å²) in [5, 5.41) is 19.1. The van der Waals surface area contributed by atoms with Gasteiger partial charge in [-0.3, -0.25) is 4.79 Å². The van der Waals surface area contributed by atoms with Crippen molar-refractivity contribution in [1.29, 1.82) is 0 Å². The van der Waals surface area contributed by atoms with Crippen molar-refractivity contribution in [2.45, 2.75) is 42.2 Å². The van der Waals surface area contributed by atoms with Crippen molar-refractivity contribution in [3.63, 3.8) is 0 Å². The molecular weight excluding hydrogens is 480 g/mol. The monoisotopic (exact) mass is 505 g/mol. The van der Waals surface area contributed by atoms with Crippen molar-refractivity contribution in [2.75, 3.05) is 6.61 Å². The Morgan fingerprint density at radius 3 is 2.51 bits per heavy atom. The summed E-state index contributed by atoms with van der Waals surface area (Å²) < 4.78 is 61.6. The molecule has 10 heteroatoms. The number of ether oxygens (including phenoxy) is 1. The maximum Gasteiger partial charge on any atom is 0.254 e. The number of aromatic hydroxyl groups is 1. The number of hydrogen-bond donors (Lipinski definition) is 2. The van der Waals surface area contributed by atoms with E-state index in [9.17, 15) is 27.1 Å². The van der Waals surface area contributed by atoms with E-state index in [4.69, 9.17) is 9.84 Å². The van der Waals surface area contributed by atoms with E-state index in [0.717, 1.165) is 12.1 Å². The Hall–Kier alpha value is -3.24. The zero-order valence-corrected chi connectivity index (χ0v) is 19.8. The fourth-order valence-electron chi connectivity index (χ4n) is 3.83. The maximum absolute atomic E-state index is 14.8. The van der Waals surface area contributed by atoms with Crippen molar-refractivity contribution < 1.29 is 32.1 Å². The van der Waals surface area contributed by atoms with Crippen LogP contribution in [0.15, 0.2) is 52.3 Å². The first-order valence-electron chi connectivity index (χ1n) is 11.2. The van der Waals surface area contributed by atoms with E-state index in [1.165, 1.54) is 36.0 Å². The molecule has 4 rings (SSSR count). The molecule has 0 aliphatic heterocycles. The summed E-state index contributed by atoms with van der Waals surface area (Å²) in [7, 11) is -2.14. The Labute approximate surface area is 201 Å². The van der Waals surface area contributed by atoms with Gasteiger partial charge in [0.05, 0.1) is 10.1 Å². The normalized spacial score (nSPS) is 13.7. The largest absolute Gasteiger partial charge is 0.507 e. The third-order valence-electron chi connectivity index (χ3n) is 5.89. The first-order chi connectivity index (χ1) is 16.6. The van der Waals surface area contributed by atoms with E-state index in [1.807, 2.05) is 0 Å². The van der Waals surface area contributed by atoms with Crippen LogP contribution in [0.5, 0.6) is 17.2 Å². The van der Waals surface area contributed by atoms with Crippen LogP contribution in [-0.2, 0) is 23.3 Å². The van der Waals surface area contributed by atoms with Crippen molar-refractivity contribution in [3.8, 4) is 28.4 Å². The minimum Gasteiger partial charge on any atom is -0.507 e. The molecule has 0 bridgehead atoms. The summed E-state index contributed by atoms with van der Waals surface area (Å²) in [6.07, 6.45) is 3.57. The summed E-state index contributed by atoms with van der Waals surface area (Å²) in [5.41, 5.74) is -0.00311. The molecule has 2 N–H and O–H groups in total. The second-order valence-electron chi connectivity index (χ2n) is 8.58. The Kier molecular flexibility index (Phi) is 6.95. The highest BCUT2D eigenvalue weighted by Crippen LogP contribution is 2.42. The molecule has 0 unspecified atom stereocenters. The summed E-state index contributed by atoms with van der Waals surface area (Å²) in [5.74, 6) is -2.36. The van der Waals surface area contributed by atoms with Crippen LogP contribution in [0, 0.1) is 11.6 Å². The minimum absolute atomic E-state index is 0.0124. The van der Waals surface area contributed by atoms with Gasteiger partial charge in [0, 0.05) is 48.7 Å². The summed E-state index contributed by atoms with van der Waals surface area (Å²) in [6.45, 7) is -0.0684. The Balaban J connectivity index is 1.86. The zero-order valence-electron chi connectivity index (χ0n) is 19.0. The predicted molar refractivity (Wildman–Crippen MR) is 125 cm³/mol. The summed E-state index contributed by atoms with van der Waals surface area (Å²) >= 11 is 0. The molecule has 1 saturated carbocycles. The van der Waals surface area contributed by atoms with E-state index in [2.05, 4.69) is 0 Å². The third kappa shape index (κ3) is 5.23. The van der Waals surface area contributed by atoms with Crippen LogP contribution in [-0.4, -0.2) is 35.1 Å². The van der Waals surface area contributed by atoms with Gasteiger partial charge >= 0.3 is 0 Å². The number of pyridine rings is 1. The molecule has 35 heavy (non-hydrogen) atoms. The Morgan fingerprint density at radius 2 is 1.83 bits per heavy atom. The molecule has 0 amide bonds. The number of aryl methyl sites for hydroxylation is 2. The lowest BCUT2D eigenvalue weighted by Crippen LogP contribution is -2.14. The Bertz CT molecular complexity index is 1430. The van der Waals surface area contributed by atoms with E-state index >= 15 is 0 Å². The number of aliphatic hydroxyl groups excluding tert-OH is 1. The van der Waals surface area contributed by atoms with Gasteiger partial charge in [-0.2, -0.15) is 0 Å². The zero-order chi connectivity index (χ0) is 25.3. The van der Waals surface area contributed by atoms with Crippen LogP contribution in [0.2, 0.25) is 0 Å². The highest BCUT2D eigenvalue weighted by molar-refractivity contribution is 7.92. The van der Waals surface area contributed by atoms with Crippen LogP contribution < -0.4 is 10.3 Å². The number of sulfone groups is 1. The molecule has 1 aliphatic carbocycles. The highest BCUT2D eigenvalue weighted by Gasteiger charge is 2.37. The standard InChI is InChI=1S/C25H25F2NO6S/c1-28-14-20(22(30)13-24(28)31)19-12-18(35(32,33)17-5-6-17)7-8-23(19)34-25-15(4-2-3-9-29)10-16(26)11-21(25)27/h7-8,10-14,17,29-30H,2-6,9H2,1H3. The van der Waals surface area contributed by atoms with Gasteiger partial charge in [0.1, 0.15) is 17.3 Å². The number of halogens is 2. The molecule has 186 valence electrons. The van der Waals surface area contributed by atoms with Crippen LogP contribution in [0.3, 0.4) is 0 Å². The van der Waals surface area contributed by atoms with Gasteiger partial charge in [0.25, 0.3) is 5.56 Å². The molecule has 0 radical (unpaired) electrons. The molecular formula is C25H25F2NO6S. The number of unbranched alkanes of at least 4 members (excludes halogenated alkanes) is 1. The van der Waals surface area contributed by atoms with Crippen molar-refractivity contribution >= 4 is 9.84 Å². The van der Waals surface area contributed by atoms with Gasteiger partial charge in [0.15, 0.2) is 21.4 Å². The van der Waals surface area contributed by atoms with E-state index in [-0.39, 0.29) is 46.1 Å². The molecule has 0 spiro atoms. The SMILES string of the molecule is Cn1cc(-c2cc(S(=O)(=O)C3CC3)ccc2Oc2c(F)cc(F)cc2CCCCO)c(O)cc1=O. The number of nitrogens with zero attached hydrogens (tertiary/aromatic N) is 1. The molecule has 1 aliphatic rings. The smallest absolute Gasteiger partial charge is 0.254 e. The fourth-order valence-corrected chi connectivity index (χ4v) is 5.52. The predicted octanol–water partition coefficient (Wildman–Crippen LogP) is 4.08. The van der Waals surface area contributed by atoms with Gasteiger partial charge in [0.2, 0.25) is 0 Å². The van der Waals surface area contributed by atoms with Crippen LogP contribution >= 0.6 is 0 Å². The number of benzene rings is 2. The van der Waals surface area contributed by atoms with Crippen molar-refractivity contribution in [1.82, 2.24) is 4.57 Å². The fraction of sp³-hybridized carbons (Fsp3) is 0.320. The molecule has 3 aromatic rings. The lowest BCUT2D eigenvalue weighted by atomic mass is 10.0. The maximum atomic E-state index is 14.8. The van der Waals surface area contributed by atoms with Crippen LogP contribution in [0.1, 0.15) is 31.2 Å².